The van der Waals surface area contributed by atoms with Crippen molar-refractivity contribution in [2.75, 3.05) is 23.4 Å². The van der Waals surface area contributed by atoms with Gasteiger partial charge in [0.05, 0.1) is 6.54 Å². The molecule has 0 saturated carbocycles. The van der Waals surface area contributed by atoms with Crippen LogP contribution in [-0.4, -0.2) is 25.2 Å². The summed E-state index contributed by atoms with van der Waals surface area (Å²) >= 11 is 0. The van der Waals surface area contributed by atoms with Crippen LogP contribution in [-0.2, 0) is 9.53 Å². The first-order valence-electron chi connectivity index (χ1n) is 7.24. The lowest BCUT2D eigenvalue weighted by Crippen LogP contribution is -2.25. The SMILES string of the molecule is O=C(Nc1cccc(N2CCOC2=O)c1)[C@H]1CC=CCC1. The lowest BCUT2D eigenvalue weighted by atomic mass is 9.93. The van der Waals surface area contributed by atoms with E-state index in [1.807, 2.05) is 24.3 Å². The van der Waals surface area contributed by atoms with Gasteiger partial charge in [0.25, 0.3) is 0 Å². The number of rotatable bonds is 3. The van der Waals surface area contributed by atoms with Crippen LogP contribution < -0.4 is 10.2 Å². The zero-order valence-corrected chi connectivity index (χ0v) is 11.7. The molecule has 0 spiro atoms. The Morgan fingerprint density at radius 2 is 2.24 bits per heavy atom. The van der Waals surface area contributed by atoms with E-state index in [1.54, 1.807) is 4.90 Å². The first-order chi connectivity index (χ1) is 10.2. The molecule has 1 aromatic carbocycles. The molecule has 110 valence electrons. The van der Waals surface area contributed by atoms with E-state index in [9.17, 15) is 9.59 Å². The second-order valence-electron chi connectivity index (χ2n) is 5.29. The molecule has 1 aliphatic heterocycles. The zero-order chi connectivity index (χ0) is 14.7. The average molecular weight is 286 g/mol. The number of nitrogens with one attached hydrogen (secondary N) is 1. The Kier molecular flexibility index (Phi) is 3.90. The van der Waals surface area contributed by atoms with E-state index in [0.29, 0.717) is 18.8 Å². The molecule has 1 heterocycles. The van der Waals surface area contributed by atoms with E-state index in [1.165, 1.54) is 0 Å². The Morgan fingerprint density at radius 1 is 1.33 bits per heavy atom. The van der Waals surface area contributed by atoms with Crippen LogP contribution in [0.5, 0.6) is 0 Å². The van der Waals surface area contributed by atoms with Crippen molar-refractivity contribution >= 4 is 23.4 Å². The number of hydrogen-bond donors (Lipinski definition) is 1. The quantitative estimate of drug-likeness (QED) is 0.869. The summed E-state index contributed by atoms with van der Waals surface area (Å²) in [5.74, 6) is 0.0795. The largest absolute Gasteiger partial charge is 0.447 e. The smallest absolute Gasteiger partial charge is 0.414 e. The van der Waals surface area contributed by atoms with Gasteiger partial charge in [-0.3, -0.25) is 9.69 Å². The number of allylic oxidation sites excluding steroid dienone is 2. The van der Waals surface area contributed by atoms with E-state index >= 15 is 0 Å². The molecule has 5 heteroatoms. The Bertz CT molecular complexity index is 583. The van der Waals surface area contributed by atoms with Crippen LogP contribution in [0.25, 0.3) is 0 Å². The Labute approximate surface area is 123 Å². The van der Waals surface area contributed by atoms with Crippen LogP contribution in [0.4, 0.5) is 16.2 Å². The van der Waals surface area contributed by atoms with E-state index in [-0.39, 0.29) is 17.9 Å². The van der Waals surface area contributed by atoms with Gasteiger partial charge >= 0.3 is 6.09 Å². The van der Waals surface area contributed by atoms with Crippen LogP contribution in [0.1, 0.15) is 19.3 Å². The second kappa shape index (κ2) is 5.99. The molecule has 0 aromatic heterocycles. The van der Waals surface area contributed by atoms with E-state index in [2.05, 4.69) is 17.5 Å². The second-order valence-corrected chi connectivity index (χ2v) is 5.29. The third-order valence-electron chi connectivity index (χ3n) is 3.83. The molecular formula is C16H18N2O3. The maximum atomic E-state index is 12.2. The molecule has 0 bridgehead atoms. The van der Waals surface area contributed by atoms with Crippen molar-refractivity contribution in [1.29, 1.82) is 0 Å². The maximum Gasteiger partial charge on any atom is 0.414 e. The van der Waals surface area contributed by atoms with Gasteiger partial charge in [-0.25, -0.2) is 4.79 Å². The zero-order valence-electron chi connectivity index (χ0n) is 11.7. The number of hydrogen-bond acceptors (Lipinski definition) is 3. The van der Waals surface area contributed by atoms with E-state index in [4.69, 9.17) is 4.74 Å². The summed E-state index contributed by atoms with van der Waals surface area (Å²) in [6.45, 7) is 0.952. The minimum atomic E-state index is -0.337. The minimum absolute atomic E-state index is 0.0374. The van der Waals surface area contributed by atoms with Crippen molar-refractivity contribution in [3.05, 3.63) is 36.4 Å². The predicted octanol–water partition coefficient (Wildman–Crippen LogP) is 2.94. The van der Waals surface area contributed by atoms with Crippen molar-refractivity contribution in [3.63, 3.8) is 0 Å². The van der Waals surface area contributed by atoms with Crippen molar-refractivity contribution in [2.45, 2.75) is 19.3 Å². The molecule has 1 atom stereocenters. The molecular weight excluding hydrogens is 268 g/mol. The predicted molar refractivity (Wildman–Crippen MR) is 80.2 cm³/mol. The van der Waals surface area contributed by atoms with Gasteiger partial charge in [0, 0.05) is 17.3 Å². The van der Waals surface area contributed by atoms with Gasteiger partial charge in [0.1, 0.15) is 6.61 Å². The Balaban J connectivity index is 1.69. The van der Waals surface area contributed by atoms with Gasteiger partial charge in [0.15, 0.2) is 0 Å². The number of carbonyl (C=O) groups is 2. The van der Waals surface area contributed by atoms with Crippen molar-refractivity contribution in [3.8, 4) is 0 Å². The highest BCUT2D eigenvalue weighted by Crippen LogP contribution is 2.24. The highest BCUT2D eigenvalue weighted by molar-refractivity contribution is 5.94. The highest BCUT2D eigenvalue weighted by Gasteiger charge is 2.24. The molecule has 5 nitrogen and oxygen atoms in total. The topological polar surface area (TPSA) is 58.6 Å². The molecule has 1 aromatic rings. The number of nitrogens with zero attached hydrogens (tertiary/aromatic N) is 1. The molecule has 0 radical (unpaired) electrons. The van der Waals surface area contributed by atoms with Crippen LogP contribution in [0.3, 0.4) is 0 Å². The number of anilines is 2. The van der Waals surface area contributed by atoms with Crippen LogP contribution >= 0.6 is 0 Å². The number of cyclic esters (lactones) is 1. The molecule has 3 rings (SSSR count). The molecule has 1 fully saturated rings. The third kappa shape index (κ3) is 3.07. The lowest BCUT2D eigenvalue weighted by molar-refractivity contribution is -0.120. The van der Waals surface area contributed by atoms with Crippen molar-refractivity contribution in [2.24, 2.45) is 5.92 Å². The summed E-state index contributed by atoms with van der Waals surface area (Å²) in [7, 11) is 0. The fourth-order valence-electron chi connectivity index (χ4n) is 2.66. The van der Waals surface area contributed by atoms with Gasteiger partial charge in [-0.2, -0.15) is 0 Å². The standard InChI is InChI=1S/C16H18N2O3/c19-15(12-5-2-1-3-6-12)17-13-7-4-8-14(11-13)18-9-10-21-16(18)20/h1-2,4,7-8,11-12H,3,5-6,9-10H2,(H,17,19)/t12-/m0/s1. The summed E-state index contributed by atoms with van der Waals surface area (Å²) in [6.07, 6.45) is 6.48. The number of carbonyl (C=O) groups excluding carboxylic acids is 2. The van der Waals surface area contributed by atoms with Crippen LogP contribution in [0, 0.1) is 5.92 Å². The molecule has 2 amide bonds. The van der Waals surface area contributed by atoms with Gasteiger partial charge < -0.3 is 10.1 Å². The van der Waals surface area contributed by atoms with Gasteiger partial charge in [-0.15, -0.1) is 0 Å². The van der Waals surface area contributed by atoms with E-state index in [0.717, 1.165) is 24.9 Å². The number of ether oxygens (including phenoxy) is 1. The Hall–Kier alpha value is -2.30. The molecule has 0 unspecified atom stereocenters. The average Bonchev–Trinajstić information content (AvgIpc) is 2.94. The normalized spacial score (nSPS) is 21.2. The molecule has 1 aliphatic carbocycles. The van der Waals surface area contributed by atoms with Gasteiger partial charge in [-0.05, 0) is 37.5 Å². The molecule has 2 aliphatic rings. The monoisotopic (exact) mass is 286 g/mol. The van der Waals surface area contributed by atoms with Crippen molar-refractivity contribution in [1.82, 2.24) is 0 Å². The fraction of sp³-hybridized carbons (Fsp3) is 0.375. The van der Waals surface area contributed by atoms with E-state index < -0.39 is 0 Å². The highest BCUT2D eigenvalue weighted by atomic mass is 16.6. The maximum absolute atomic E-state index is 12.2. The molecule has 1 N–H and O–H groups in total. The number of benzene rings is 1. The Morgan fingerprint density at radius 3 is 2.95 bits per heavy atom. The number of amides is 2. The van der Waals surface area contributed by atoms with Crippen LogP contribution in [0.2, 0.25) is 0 Å². The summed E-state index contributed by atoms with van der Waals surface area (Å²) in [5, 5.41) is 2.94. The summed E-state index contributed by atoms with van der Waals surface area (Å²) < 4.78 is 4.93. The summed E-state index contributed by atoms with van der Waals surface area (Å²) in [5.41, 5.74) is 1.46. The fourth-order valence-corrected chi connectivity index (χ4v) is 2.66. The lowest BCUT2D eigenvalue weighted by Gasteiger charge is -2.18. The van der Waals surface area contributed by atoms with Gasteiger partial charge in [-0.1, -0.05) is 18.2 Å². The minimum Gasteiger partial charge on any atom is -0.447 e. The molecule has 1 saturated heterocycles. The first kappa shape index (κ1) is 13.7. The first-order valence-corrected chi connectivity index (χ1v) is 7.24. The molecule has 21 heavy (non-hydrogen) atoms. The van der Waals surface area contributed by atoms with Crippen molar-refractivity contribution < 1.29 is 14.3 Å². The van der Waals surface area contributed by atoms with Gasteiger partial charge in [0.2, 0.25) is 5.91 Å². The summed E-state index contributed by atoms with van der Waals surface area (Å²) in [4.78, 5) is 25.3. The van der Waals surface area contributed by atoms with Crippen LogP contribution in [0.15, 0.2) is 36.4 Å². The third-order valence-corrected chi connectivity index (χ3v) is 3.83. The summed E-state index contributed by atoms with van der Waals surface area (Å²) in [6, 6.07) is 7.31.